The van der Waals surface area contributed by atoms with Crippen LogP contribution in [0.4, 0.5) is 0 Å². The minimum Gasteiger partial charge on any atom is -0.352 e. The van der Waals surface area contributed by atoms with Crippen molar-refractivity contribution in [3.05, 3.63) is 65.2 Å². The van der Waals surface area contributed by atoms with E-state index in [0.29, 0.717) is 18.0 Å². The highest BCUT2D eigenvalue weighted by Gasteiger charge is 2.19. The molecule has 1 aliphatic rings. The summed E-state index contributed by atoms with van der Waals surface area (Å²) < 4.78 is 0. The number of nitrogens with one attached hydrogen (secondary N) is 2. The molecule has 0 radical (unpaired) electrons. The van der Waals surface area contributed by atoms with Gasteiger partial charge in [0.05, 0.1) is 16.8 Å². The van der Waals surface area contributed by atoms with Crippen LogP contribution < -0.4 is 10.6 Å². The van der Waals surface area contributed by atoms with E-state index in [1.54, 1.807) is 0 Å². The Hall–Kier alpha value is -2.14. The summed E-state index contributed by atoms with van der Waals surface area (Å²) in [6.45, 7) is 6.81. The third kappa shape index (κ3) is 4.46. The van der Waals surface area contributed by atoms with E-state index in [1.165, 1.54) is 11.1 Å². The summed E-state index contributed by atoms with van der Waals surface area (Å²) in [6.07, 6.45) is 0. The van der Waals surface area contributed by atoms with Gasteiger partial charge in [-0.05, 0) is 43.2 Å². The first-order valence-corrected chi connectivity index (χ1v) is 9.08. The molecule has 1 aromatic heterocycles. The third-order valence-electron chi connectivity index (χ3n) is 5.16. The number of pyridine rings is 1. The van der Waals surface area contributed by atoms with Gasteiger partial charge in [-0.15, -0.1) is 24.8 Å². The van der Waals surface area contributed by atoms with Crippen molar-refractivity contribution < 1.29 is 4.79 Å². The number of hydrogen-bond acceptors (Lipinski definition) is 3. The minimum atomic E-state index is -0.0234. The Morgan fingerprint density at radius 2 is 1.75 bits per heavy atom. The molecule has 0 unspecified atom stereocenters. The van der Waals surface area contributed by atoms with Crippen LogP contribution in [-0.4, -0.2) is 30.5 Å². The number of rotatable bonds is 4. The van der Waals surface area contributed by atoms with Crippen LogP contribution in [0.2, 0.25) is 0 Å². The van der Waals surface area contributed by atoms with Gasteiger partial charge < -0.3 is 10.6 Å². The van der Waals surface area contributed by atoms with E-state index in [4.69, 9.17) is 4.98 Å². The van der Waals surface area contributed by atoms with E-state index < -0.39 is 0 Å². The zero-order chi connectivity index (χ0) is 18.1. The van der Waals surface area contributed by atoms with Gasteiger partial charge in [0, 0.05) is 36.5 Å². The second-order valence-corrected chi connectivity index (χ2v) is 7.11. The van der Waals surface area contributed by atoms with E-state index in [9.17, 15) is 4.79 Å². The molecule has 0 saturated carbocycles. The van der Waals surface area contributed by atoms with Crippen molar-refractivity contribution in [1.82, 2.24) is 15.6 Å². The lowest BCUT2D eigenvalue weighted by molar-refractivity contribution is 0.0944. The average Bonchev–Trinajstić information content (AvgIpc) is 2.61. The van der Waals surface area contributed by atoms with E-state index >= 15 is 0 Å². The molecule has 4 nitrogen and oxygen atoms in total. The number of carbonyl (C=O) groups is 1. The molecule has 0 atom stereocenters. The summed E-state index contributed by atoms with van der Waals surface area (Å²) in [5.41, 5.74) is 5.77. The molecule has 1 fully saturated rings. The topological polar surface area (TPSA) is 54.0 Å². The smallest absolute Gasteiger partial charge is 0.252 e. The highest BCUT2D eigenvalue weighted by Crippen LogP contribution is 2.27. The Bertz CT molecular complexity index is 972. The van der Waals surface area contributed by atoms with Crippen LogP contribution in [0.1, 0.15) is 21.5 Å². The van der Waals surface area contributed by atoms with Crippen LogP contribution in [0, 0.1) is 19.8 Å². The fourth-order valence-electron chi connectivity index (χ4n) is 3.26. The summed E-state index contributed by atoms with van der Waals surface area (Å²) >= 11 is 0. The molecule has 28 heavy (non-hydrogen) atoms. The maximum atomic E-state index is 12.9. The number of aromatic nitrogens is 1. The predicted molar refractivity (Wildman–Crippen MR) is 120 cm³/mol. The van der Waals surface area contributed by atoms with Crippen molar-refractivity contribution in [3.63, 3.8) is 0 Å². The molecule has 0 spiro atoms. The normalized spacial score (nSPS) is 13.2. The number of hydrogen-bond donors (Lipinski definition) is 2. The van der Waals surface area contributed by atoms with Crippen LogP contribution in [0.3, 0.4) is 0 Å². The van der Waals surface area contributed by atoms with Crippen molar-refractivity contribution >= 4 is 41.6 Å². The Balaban J connectivity index is 0.00000140. The molecule has 1 aliphatic heterocycles. The van der Waals surface area contributed by atoms with Gasteiger partial charge >= 0.3 is 0 Å². The van der Waals surface area contributed by atoms with Gasteiger partial charge in [0.15, 0.2) is 0 Å². The minimum absolute atomic E-state index is 0. The second-order valence-electron chi connectivity index (χ2n) is 7.11. The first kappa shape index (κ1) is 22.2. The zero-order valence-corrected chi connectivity index (χ0v) is 17.6. The Kier molecular flexibility index (Phi) is 7.41. The monoisotopic (exact) mass is 417 g/mol. The molecule has 4 rings (SSSR count). The Morgan fingerprint density at radius 1 is 1.07 bits per heavy atom. The molecular weight excluding hydrogens is 393 g/mol. The Morgan fingerprint density at radius 3 is 2.39 bits per heavy atom. The quantitative estimate of drug-likeness (QED) is 0.664. The first-order chi connectivity index (χ1) is 12.6. The fourth-order valence-corrected chi connectivity index (χ4v) is 3.26. The van der Waals surface area contributed by atoms with Crippen molar-refractivity contribution in [2.75, 3.05) is 19.6 Å². The summed E-state index contributed by atoms with van der Waals surface area (Å²) in [5, 5.41) is 7.25. The lowest BCUT2D eigenvalue weighted by atomic mass is 9.99. The number of aryl methyl sites for hydroxylation is 2. The molecular formula is C22H25Cl2N3O. The number of benzene rings is 2. The molecule has 3 aromatic rings. The van der Waals surface area contributed by atoms with E-state index in [0.717, 1.165) is 35.2 Å². The number of halogens is 2. The van der Waals surface area contributed by atoms with Crippen molar-refractivity contribution in [2.24, 2.45) is 5.92 Å². The highest BCUT2D eigenvalue weighted by molar-refractivity contribution is 6.07. The van der Waals surface area contributed by atoms with Crippen LogP contribution >= 0.6 is 24.8 Å². The first-order valence-electron chi connectivity index (χ1n) is 9.08. The predicted octanol–water partition coefficient (Wildman–Crippen LogP) is 4.31. The fraction of sp³-hybridized carbons (Fsp3) is 0.273. The van der Waals surface area contributed by atoms with Crippen molar-refractivity contribution in [3.8, 4) is 11.3 Å². The lowest BCUT2D eigenvalue weighted by Gasteiger charge is -2.27. The molecule has 0 bridgehead atoms. The van der Waals surface area contributed by atoms with Gasteiger partial charge in [0.1, 0.15) is 0 Å². The molecule has 1 saturated heterocycles. The standard InChI is InChI=1S/C22H23N3O.2ClH/c1-14-8-18-19(22(26)24-13-16-11-23-12-16)10-20(17-6-4-3-5-7-17)25-21(18)9-15(14)2;;/h3-10,16,23H,11-13H2,1-2H3,(H,24,26);2*1H. The largest absolute Gasteiger partial charge is 0.352 e. The van der Waals surface area contributed by atoms with Crippen LogP contribution in [0.5, 0.6) is 0 Å². The number of carbonyl (C=O) groups excluding carboxylic acids is 1. The number of fused-ring (bicyclic) bond motifs is 1. The van der Waals surface area contributed by atoms with Crippen molar-refractivity contribution in [2.45, 2.75) is 13.8 Å². The third-order valence-corrected chi connectivity index (χ3v) is 5.16. The maximum absolute atomic E-state index is 12.9. The average molecular weight is 418 g/mol. The second kappa shape index (κ2) is 9.37. The maximum Gasteiger partial charge on any atom is 0.252 e. The van der Waals surface area contributed by atoms with Gasteiger partial charge in [-0.3, -0.25) is 4.79 Å². The number of amides is 1. The summed E-state index contributed by atoms with van der Waals surface area (Å²) in [7, 11) is 0. The molecule has 2 aromatic carbocycles. The molecule has 1 amide bonds. The molecule has 2 heterocycles. The zero-order valence-electron chi connectivity index (χ0n) is 16.0. The summed E-state index contributed by atoms with van der Waals surface area (Å²) in [6, 6.07) is 16.1. The van der Waals surface area contributed by atoms with Crippen molar-refractivity contribution in [1.29, 1.82) is 0 Å². The van der Waals surface area contributed by atoms with E-state index in [2.05, 4.69) is 36.6 Å². The van der Waals surface area contributed by atoms with E-state index in [-0.39, 0.29) is 30.7 Å². The summed E-state index contributed by atoms with van der Waals surface area (Å²) in [4.78, 5) is 17.7. The highest BCUT2D eigenvalue weighted by atomic mass is 35.5. The molecule has 148 valence electrons. The van der Waals surface area contributed by atoms with Crippen LogP contribution in [0.25, 0.3) is 22.2 Å². The SMILES string of the molecule is Cc1cc2nc(-c3ccccc3)cc(C(=O)NCC3CNC3)c2cc1C.Cl.Cl. The summed E-state index contributed by atoms with van der Waals surface area (Å²) in [5.74, 6) is 0.509. The van der Waals surface area contributed by atoms with Crippen LogP contribution in [-0.2, 0) is 0 Å². The van der Waals surface area contributed by atoms with Gasteiger partial charge in [-0.2, -0.15) is 0 Å². The lowest BCUT2D eigenvalue weighted by Crippen LogP contribution is -2.48. The molecule has 0 aliphatic carbocycles. The van der Waals surface area contributed by atoms with Gasteiger partial charge in [-0.1, -0.05) is 30.3 Å². The van der Waals surface area contributed by atoms with Crippen LogP contribution in [0.15, 0.2) is 48.5 Å². The molecule has 2 N–H and O–H groups in total. The number of nitrogens with zero attached hydrogens (tertiary/aromatic N) is 1. The molecule has 6 heteroatoms. The van der Waals surface area contributed by atoms with E-state index in [1.807, 2.05) is 36.4 Å². The van der Waals surface area contributed by atoms with Gasteiger partial charge in [-0.25, -0.2) is 4.98 Å². The Labute approximate surface area is 178 Å². The van der Waals surface area contributed by atoms with Gasteiger partial charge in [0.2, 0.25) is 0 Å². The van der Waals surface area contributed by atoms with Gasteiger partial charge in [0.25, 0.3) is 5.91 Å².